The van der Waals surface area contributed by atoms with E-state index in [-0.39, 0.29) is 5.95 Å². The van der Waals surface area contributed by atoms with Crippen molar-refractivity contribution in [3.63, 3.8) is 0 Å². The monoisotopic (exact) mass is 283 g/mol. The van der Waals surface area contributed by atoms with Crippen LogP contribution < -0.4 is 10.5 Å². The highest BCUT2D eigenvalue weighted by Crippen LogP contribution is 2.28. The van der Waals surface area contributed by atoms with Crippen LogP contribution in [0.3, 0.4) is 0 Å². The second kappa shape index (κ2) is 5.16. The fourth-order valence-corrected chi connectivity index (χ4v) is 1.91. The molecule has 0 saturated carbocycles. The molecule has 106 valence electrons. The summed E-state index contributed by atoms with van der Waals surface area (Å²) >= 11 is 0. The zero-order valence-corrected chi connectivity index (χ0v) is 11.6. The summed E-state index contributed by atoms with van der Waals surface area (Å²) in [4.78, 5) is 16.5. The van der Waals surface area contributed by atoms with Gasteiger partial charge in [0.2, 0.25) is 5.95 Å². The molecule has 0 aliphatic heterocycles. The maximum absolute atomic E-state index is 5.77. The van der Waals surface area contributed by atoms with Crippen LogP contribution in [0.2, 0.25) is 0 Å². The molecule has 21 heavy (non-hydrogen) atoms. The van der Waals surface area contributed by atoms with Gasteiger partial charge in [0.25, 0.3) is 5.95 Å². The largest absolute Gasteiger partial charge is 0.496 e. The number of ether oxygens (including phenoxy) is 1. The van der Waals surface area contributed by atoms with Crippen LogP contribution in [-0.4, -0.2) is 36.8 Å². The van der Waals surface area contributed by atoms with Crippen LogP contribution in [-0.2, 0) is 0 Å². The minimum absolute atomic E-state index is 0.106. The Balaban J connectivity index is 2.17. The Kier molecular flexibility index (Phi) is 3.19. The first-order valence-electron chi connectivity index (χ1n) is 6.19. The van der Waals surface area contributed by atoms with Gasteiger partial charge >= 0.3 is 0 Å². The molecule has 3 aromatic rings. The third-order valence-corrected chi connectivity index (χ3v) is 2.86. The first-order chi connectivity index (χ1) is 10.2. The molecule has 0 spiro atoms. The van der Waals surface area contributed by atoms with Crippen molar-refractivity contribution in [2.75, 3.05) is 12.8 Å². The molecule has 0 aliphatic carbocycles. The van der Waals surface area contributed by atoms with Crippen molar-refractivity contribution in [3.05, 3.63) is 36.4 Å². The molecule has 0 fully saturated rings. The Bertz CT molecular complexity index is 770. The number of rotatable bonds is 3. The molecule has 2 heterocycles. The minimum atomic E-state index is 0.106. The maximum atomic E-state index is 5.77. The molecule has 1 aromatic carbocycles. The highest BCUT2D eigenvalue weighted by molar-refractivity contribution is 5.66. The van der Waals surface area contributed by atoms with E-state index in [0.717, 1.165) is 11.1 Å². The van der Waals surface area contributed by atoms with Crippen molar-refractivity contribution in [1.29, 1.82) is 0 Å². The number of nitrogen functional groups attached to an aromatic ring is 1. The fraction of sp³-hybridized carbons (Fsp3) is 0.154. The van der Waals surface area contributed by atoms with E-state index >= 15 is 0 Å². The van der Waals surface area contributed by atoms with E-state index in [1.165, 1.54) is 17.3 Å². The zero-order valence-electron chi connectivity index (χ0n) is 11.6. The summed E-state index contributed by atoms with van der Waals surface area (Å²) in [6.45, 7) is 1.98. The lowest BCUT2D eigenvalue weighted by Crippen LogP contribution is -2.08. The molecule has 0 amide bonds. The van der Waals surface area contributed by atoms with E-state index in [2.05, 4.69) is 25.0 Å². The maximum Gasteiger partial charge on any atom is 0.257 e. The van der Waals surface area contributed by atoms with Crippen LogP contribution >= 0.6 is 0 Å². The van der Waals surface area contributed by atoms with Gasteiger partial charge in [0.15, 0.2) is 5.82 Å². The molecule has 8 nitrogen and oxygen atoms in total. The van der Waals surface area contributed by atoms with Gasteiger partial charge in [-0.2, -0.15) is 24.7 Å². The number of hydrogen-bond donors (Lipinski definition) is 1. The molecule has 2 aromatic heterocycles. The lowest BCUT2D eigenvalue weighted by molar-refractivity contribution is 0.416. The van der Waals surface area contributed by atoms with Crippen molar-refractivity contribution in [1.82, 2.24) is 29.7 Å². The molecular formula is C13H13N7O. The predicted octanol–water partition coefficient (Wildman–Crippen LogP) is 1.02. The van der Waals surface area contributed by atoms with Gasteiger partial charge in [-0.3, -0.25) is 0 Å². The number of methoxy groups -OCH3 is 1. The van der Waals surface area contributed by atoms with E-state index in [9.17, 15) is 0 Å². The van der Waals surface area contributed by atoms with E-state index < -0.39 is 0 Å². The van der Waals surface area contributed by atoms with Crippen LogP contribution in [0.1, 0.15) is 5.56 Å². The lowest BCUT2D eigenvalue weighted by Gasteiger charge is -2.09. The average Bonchev–Trinajstić information content (AvgIpc) is 3.01. The normalized spacial score (nSPS) is 10.6. The van der Waals surface area contributed by atoms with Gasteiger partial charge in [-0.15, -0.1) is 0 Å². The van der Waals surface area contributed by atoms with Gasteiger partial charge in [0.05, 0.1) is 12.7 Å². The molecular weight excluding hydrogens is 270 g/mol. The second-order valence-corrected chi connectivity index (χ2v) is 4.36. The average molecular weight is 283 g/mol. The Morgan fingerprint density at radius 3 is 2.76 bits per heavy atom. The van der Waals surface area contributed by atoms with Crippen LogP contribution in [0.25, 0.3) is 17.3 Å². The highest BCUT2D eigenvalue weighted by atomic mass is 16.5. The number of nitrogens with zero attached hydrogens (tertiary/aromatic N) is 6. The summed E-state index contributed by atoms with van der Waals surface area (Å²) in [6, 6.07) is 5.74. The Morgan fingerprint density at radius 1 is 1.19 bits per heavy atom. The van der Waals surface area contributed by atoms with Crippen molar-refractivity contribution in [2.24, 2.45) is 0 Å². The van der Waals surface area contributed by atoms with Crippen molar-refractivity contribution in [2.45, 2.75) is 6.92 Å². The fourth-order valence-electron chi connectivity index (χ4n) is 1.91. The van der Waals surface area contributed by atoms with Crippen molar-refractivity contribution in [3.8, 4) is 23.1 Å². The second-order valence-electron chi connectivity index (χ2n) is 4.36. The number of aryl methyl sites for hydroxylation is 1. The van der Waals surface area contributed by atoms with Crippen molar-refractivity contribution >= 4 is 5.95 Å². The first-order valence-corrected chi connectivity index (χ1v) is 6.19. The summed E-state index contributed by atoms with van der Waals surface area (Å²) in [5.74, 6) is 1.50. The minimum Gasteiger partial charge on any atom is -0.496 e. The summed E-state index contributed by atoms with van der Waals surface area (Å²) in [7, 11) is 1.59. The van der Waals surface area contributed by atoms with Gasteiger partial charge in [-0.05, 0) is 19.1 Å². The van der Waals surface area contributed by atoms with Gasteiger partial charge in [0.1, 0.15) is 18.4 Å². The summed E-state index contributed by atoms with van der Waals surface area (Å²) in [5, 5.41) is 3.99. The standard InChI is InChI=1S/C13H13N7O/c1-8-3-4-10(21-2)9(5-8)11-17-12(14)19-13(18-11)20-7-15-6-16-20/h3-7H,1-2H3,(H2,14,17,18,19). The van der Waals surface area contributed by atoms with E-state index in [1.54, 1.807) is 7.11 Å². The molecule has 0 bridgehead atoms. The Morgan fingerprint density at radius 2 is 2.05 bits per heavy atom. The SMILES string of the molecule is COc1ccc(C)cc1-c1nc(N)nc(-n2cncn2)n1. The van der Waals surface area contributed by atoms with Gasteiger partial charge in [-0.25, -0.2) is 4.98 Å². The highest BCUT2D eigenvalue weighted by Gasteiger charge is 2.13. The van der Waals surface area contributed by atoms with E-state index in [1.807, 2.05) is 25.1 Å². The third kappa shape index (κ3) is 2.50. The van der Waals surface area contributed by atoms with Gasteiger partial charge < -0.3 is 10.5 Å². The first kappa shape index (κ1) is 13.0. The van der Waals surface area contributed by atoms with Crippen LogP contribution in [0.5, 0.6) is 5.75 Å². The smallest absolute Gasteiger partial charge is 0.257 e. The topological polar surface area (TPSA) is 105 Å². The van der Waals surface area contributed by atoms with Crippen molar-refractivity contribution < 1.29 is 4.74 Å². The Hall–Kier alpha value is -3.03. The molecule has 0 aliphatic rings. The zero-order chi connectivity index (χ0) is 14.8. The van der Waals surface area contributed by atoms with Gasteiger partial charge in [-0.1, -0.05) is 11.6 Å². The molecule has 2 N–H and O–H groups in total. The number of benzene rings is 1. The van der Waals surface area contributed by atoms with Gasteiger partial charge in [0, 0.05) is 0 Å². The molecule has 0 saturated heterocycles. The van der Waals surface area contributed by atoms with E-state index in [4.69, 9.17) is 10.5 Å². The number of nitrogens with two attached hydrogens (primary N) is 1. The summed E-state index contributed by atoms with van der Waals surface area (Å²) < 4.78 is 6.77. The molecule has 0 unspecified atom stereocenters. The number of anilines is 1. The predicted molar refractivity (Wildman–Crippen MR) is 75.9 cm³/mol. The molecule has 3 rings (SSSR count). The summed E-state index contributed by atoms with van der Waals surface area (Å²) in [5.41, 5.74) is 7.57. The molecule has 0 radical (unpaired) electrons. The van der Waals surface area contributed by atoms with Crippen LogP contribution in [0.15, 0.2) is 30.9 Å². The van der Waals surface area contributed by atoms with Crippen LogP contribution in [0, 0.1) is 6.92 Å². The number of hydrogen-bond acceptors (Lipinski definition) is 7. The lowest BCUT2D eigenvalue weighted by atomic mass is 10.1. The molecule has 8 heteroatoms. The third-order valence-electron chi connectivity index (χ3n) is 2.86. The Labute approximate surface area is 120 Å². The van der Waals surface area contributed by atoms with Crippen LogP contribution in [0.4, 0.5) is 5.95 Å². The summed E-state index contributed by atoms with van der Waals surface area (Å²) in [6.07, 6.45) is 2.89. The van der Waals surface area contributed by atoms with E-state index in [0.29, 0.717) is 17.5 Å². The quantitative estimate of drug-likeness (QED) is 0.765. The number of aromatic nitrogens is 6. The molecule has 0 atom stereocenters.